The molecule has 0 saturated carbocycles. The summed E-state index contributed by atoms with van der Waals surface area (Å²) in [6, 6.07) is 8.51. The zero-order chi connectivity index (χ0) is 20.5. The molecule has 0 aliphatic carbocycles. The Kier molecular flexibility index (Phi) is 10.6. The Labute approximate surface area is 197 Å². The molecule has 2 saturated heterocycles. The van der Waals surface area contributed by atoms with Gasteiger partial charge >= 0.3 is 0 Å². The molecule has 7 nitrogen and oxygen atoms in total. The number of guanidine groups is 1. The number of benzene rings is 1. The van der Waals surface area contributed by atoms with Crippen LogP contribution in [0.3, 0.4) is 0 Å². The highest BCUT2D eigenvalue weighted by molar-refractivity contribution is 14.0. The van der Waals surface area contributed by atoms with Crippen molar-refractivity contribution in [1.29, 1.82) is 0 Å². The molecule has 0 aromatic heterocycles. The molecular formula is C22H37IN4O3. The molecular weight excluding hydrogens is 495 g/mol. The number of hydrogen-bond acceptors (Lipinski definition) is 5. The van der Waals surface area contributed by atoms with E-state index in [4.69, 9.17) is 9.47 Å². The Morgan fingerprint density at radius 2 is 2.07 bits per heavy atom. The molecule has 2 heterocycles. The molecule has 2 fully saturated rings. The van der Waals surface area contributed by atoms with Crippen molar-refractivity contribution in [3.8, 4) is 5.75 Å². The van der Waals surface area contributed by atoms with E-state index in [1.807, 2.05) is 12.1 Å². The fourth-order valence-electron chi connectivity index (χ4n) is 4.43. The largest absolute Gasteiger partial charge is 0.496 e. The zero-order valence-corrected chi connectivity index (χ0v) is 20.6. The predicted octanol–water partition coefficient (Wildman–Crippen LogP) is 2.40. The van der Waals surface area contributed by atoms with Crippen LogP contribution in [0.5, 0.6) is 5.75 Å². The van der Waals surface area contributed by atoms with Crippen LogP contribution in [0.15, 0.2) is 29.3 Å². The smallest absolute Gasteiger partial charge is 0.191 e. The summed E-state index contributed by atoms with van der Waals surface area (Å²) in [7, 11) is 3.53. The number of likely N-dealkylation sites (tertiary alicyclic amines) is 1. The van der Waals surface area contributed by atoms with Gasteiger partial charge in [0.05, 0.1) is 19.8 Å². The SMILES string of the molecule is CN=C(NCC(c1ccccc1OC)N1CCCC1)NCC1(CCO)CCOC1.I. The topological polar surface area (TPSA) is 78.4 Å². The van der Waals surface area contributed by atoms with E-state index in [9.17, 15) is 5.11 Å². The van der Waals surface area contributed by atoms with Gasteiger partial charge in [0, 0.05) is 44.3 Å². The van der Waals surface area contributed by atoms with E-state index >= 15 is 0 Å². The Balaban J connectivity index is 0.00000320. The molecule has 2 aliphatic heterocycles. The molecule has 2 aliphatic rings. The summed E-state index contributed by atoms with van der Waals surface area (Å²) >= 11 is 0. The van der Waals surface area contributed by atoms with Gasteiger partial charge in [0.1, 0.15) is 5.75 Å². The van der Waals surface area contributed by atoms with Crippen molar-refractivity contribution in [3.63, 3.8) is 0 Å². The van der Waals surface area contributed by atoms with Crippen LogP contribution in [0.25, 0.3) is 0 Å². The first-order valence-corrected chi connectivity index (χ1v) is 10.7. The monoisotopic (exact) mass is 532 g/mol. The number of rotatable bonds is 9. The van der Waals surface area contributed by atoms with Crippen LogP contribution < -0.4 is 15.4 Å². The lowest BCUT2D eigenvalue weighted by Crippen LogP contribution is -2.46. The Hall–Kier alpha value is -1.10. The van der Waals surface area contributed by atoms with Crippen LogP contribution in [0.2, 0.25) is 0 Å². The van der Waals surface area contributed by atoms with Crippen LogP contribution in [0, 0.1) is 5.41 Å². The number of methoxy groups -OCH3 is 1. The van der Waals surface area contributed by atoms with E-state index in [0.29, 0.717) is 6.61 Å². The number of aliphatic hydroxyl groups is 1. The van der Waals surface area contributed by atoms with Crippen LogP contribution >= 0.6 is 24.0 Å². The standard InChI is InChI=1S/C22H36N4O3.HI/c1-23-21(25-16-22(9-13-27)10-14-29-17-22)24-15-19(26-11-5-6-12-26)18-7-3-4-8-20(18)28-2;/h3-4,7-8,19,27H,5-6,9-17H2,1-2H3,(H2,23,24,25);1H. The van der Waals surface area contributed by atoms with Gasteiger partial charge in [-0.2, -0.15) is 0 Å². The van der Waals surface area contributed by atoms with Gasteiger partial charge in [-0.3, -0.25) is 9.89 Å². The average Bonchev–Trinajstić information content (AvgIpc) is 3.44. The van der Waals surface area contributed by atoms with Gasteiger partial charge < -0.3 is 25.2 Å². The minimum atomic E-state index is -0.0105. The van der Waals surface area contributed by atoms with Crippen LogP contribution in [-0.2, 0) is 4.74 Å². The maximum atomic E-state index is 9.44. The number of nitrogens with one attached hydrogen (secondary N) is 2. The lowest BCUT2D eigenvalue weighted by Gasteiger charge is -2.31. The van der Waals surface area contributed by atoms with Gasteiger partial charge in [-0.25, -0.2) is 0 Å². The summed E-state index contributed by atoms with van der Waals surface area (Å²) < 4.78 is 11.2. The third-order valence-corrected chi connectivity index (χ3v) is 6.22. The fourth-order valence-corrected chi connectivity index (χ4v) is 4.43. The Morgan fingerprint density at radius 3 is 2.70 bits per heavy atom. The maximum absolute atomic E-state index is 9.44. The van der Waals surface area contributed by atoms with Crippen molar-refractivity contribution in [2.45, 2.75) is 31.7 Å². The lowest BCUT2D eigenvalue weighted by atomic mass is 9.84. The second-order valence-electron chi connectivity index (χ2n) is 8.08. The molecule has 0 spiro atoms. The molecule has 1 aromatic carbocycles. The fraction of sp³-hybridized carbons (Fsp3) is 0.682. The van der Waals surface area contributed by atoms with Gasteiger partial charge in [-0.05, 0) is 44.8 Å². The first-order chi connectivity index (χ1) is 14.2. The summed E-state index contributed by atoms with van der Waals surface area (Å²) in [5.74, 6) is 1.72. The van der Waals surface area contributed by atoms with E-state index < -0.39 is 0 Å². The Bertz CT molecular complexity index is 662. The molecule has 170 valence electrons. The second kappa shape index (κ2) is 12.7. The number of aliphatic hydroxyl groups excluding tert-OH is 1. The van der Waals surface area contributed by atoms with E-state index in [0.717, 1.165) is 57.3 Å². The average molecular weight is 532 g/mol. The van der Waals surface area contributed by atoms with Gasteiger partial charge in [0.25, 0.3) is 0 Å². The van der Waals surface area contributed by atoms with Crippen molar-refractivity contribution in [3.05, 3.63) is 29.8 Å². The van der Waals surface area contributed by atoms with Crippen LogP contribution in [-0.4, -0.2) is 76.1 Å². The highest BCUT2D eigenvalue weighted by Gasteiger charge is 2.34. The summed E-state index contributed by atoms with van der Waals surface area (Å²) in [5.41, 5.74) is 1.20. The first-order valence-electron chi connectivity index (χ1n) is 10.7. The third kappa shape index (κ3) is 6.45. The van der Waals surface area contributed by atoms with Gasteiger partial charge in [0.15, 0.2) is 5.96 Å². The van der Waals surface area contributed by atoms with Crippen LogP contribution in [0.4, 0.5) is 0 Å². The Morgan fingerprint density at radius 1 is 1.30 bits per heavy atom. The second-order valence-corrected chi connectivity index (χ2v) is 8.08. The molecule has 0 radical (unpaired) electrons. The summed E-state index contributed by atoms with van der Waals surface area (Å²) in [6.07, 6.45) is 4.19. The lowest BCUT2D eigenvalue weighted by molar-refractivity contribution is 0.127. The molecule has 3 rings (SSSR count). The molecule has 0 amide bonds. The number of hydrogen-bond donors (Lipinski definition) is 3. The third-order valence-electron chi connectivity index (χ3n) is 6.22. The predicted molar refractivity (Wildman–Crippen MR) is 131 cm³/mol. The van der Waals surface area contributed by atoms with E-state index in [2.05, 4.69) is 32.7 Å². The summed E-state index contributed by atoms with van der Waals surface area (Å²) in [5, 5.41) is 16.4. The molecule has 30 heavy (non-hydrogen) atoms. The van der Waals surface area contributed by atoms with Crippen LogP contribution in [0.1, 0.15) is 37.3 Å². The number of aliphatic imine (C=N–C) groups is 1. The number of halogens is 1. The minimum absolute atomic E-state index is 0. The van der Waals surface area contributed by atoms with Crippen molar-refractivity contribution < 1.29 is 14.6 Å². The van der Waals surface area contributed by atoms with Crippen molar-refractivity contribution in [1.82, 2.24) is 15.5 Å². The minimum Gasteiger partial charge on any atom is -0.496 e. The molecule has 2 atom stereocenters. The zero-order valence-electron chi connectivity index (χ0n) is 18.2. The van der Waals surface area contributed by atoms with Crippen molar-refractivity contribution in [2.24, 2.45) is 10.4 Å². The summed E-state index contributed by atoms with van der Waals surface area (Å²) in [4.78, 5) is 6.94. The molecule has 3 N–H and O–H groups in total. The van der Waals surface area contributed by atoms with Gasteiger partial charge in [0.2, 0.25) is 0 Å². The molecule has 1 aromatic rings. The van der Waals surface area contributed by atoms with E-state index in [1.54, 1.807) is 14.2 Å². The normalized spacial score (nSPS) is 23.1. The molecule has 2 unspecified atom stereocenters. The van der Waals surface area contributed by atoms with Crippen molar-refractivity contribution in [2.75, 3.05) is 60.2 Å². The molecule has 0 bridgehead atoms. The number of ether oxygens (including phenoxy) is 2. The quantitative estimate of drug-likeness (QED) is 0.258. The van der Waals surface area contributed by atoms with Crippen molar-refractivity contribution >= 4 is 29.9 Å². The molecule has 8 heteroatoms. The summed E-state index contributed by atoms with van der Waals surface area (Å²) in [6.45, 7) is 5.34. The highest BCUT2D eigenvalue weighted by atomic mass is 127. The van der Waals surface area contributed by atoms with Gasteiger partial charge in [-0.1, -0.05) is 18.2 Å². The number of nitrogens with zero attached hydrogens (tertiary/aromatic N) is 2. The maximum Gasteiger partial charge on any atom is 0.191 e. The van der Waals surface area contributed by atoms with Gasteiger partial charge in [-0.15, -0.1) is 24.0 Å². The highest BCUT2D eigenvalue weighted by Crippen LogP contribution is 2.32. The first kappa shape index (κ1) is 25.2. The number of para-hydroxylation sites is 1. The van der Waals surface area contributed by atoms with E-state index in [1.165, 1.54) is 18.4 Å². The van der Waals surface area contributed by atoms with E-state index in [-0.39, 0.29) is 42.0 Å².